The van der Waals surface area contributed by atoms with Crippen LogP contribution in [0.5, 0.6) is 0 Å². The van der Waals surface area contributed by atoms with E-state index in [1.165, 1.54) is 6.26 Å². The molecule has 0 amide bonds. The van der Waals surface area contributed by atoms with Gasteiger partial charge in [0.1, 0.15) is 12.1 Å². The largest absolute Gasteiger partial charge is 0.494 e. The van der Waals surface area contributed by atoms with E-state index in [-0.39, 0.29) is 6.54 Å². The van der Waals surface area contributed by atoms with Crippen molar-refractivity contribution >= 4 is 28.3 Å². The molecule has 1 unspecified atom stereocenters. The van der Waals surface area contributed by atoms with Gasteiger partial charge in [0.25, 0.3) is 0 Å². The van der Waals surface area contributed by atoms with Crippen molar-refractivity contribution in [3.05, 3.63) is 24.3 Å². The molecule has 0 radical (unpaired) electrons. The Balaban J connectivity index is 2.13. The molecule has 150 valence electrons. The van der Waals surface area contributed by atoms with Gasteiger partial charge >= 0.3 is 13.1 Å². The quantitative estimate of drug-likeness (QED) is 0.579. The van der Waals surface area contributed by atoms with E-state index in [2.05, 4.69) is 4.36 Å². The second-order valence-corrected chi connectivity index (χ2v) is 11.2. The standard InChI is InChI=1S/C19H30BNO5S/c1-17(2,3)24-16(22)13-21-27(8,23)15-11-9-14(10-12-15)20-25-18(4,5)19(6,7)26-20/h9-12H,13H2,1-8H3. The fourth-order valence-electron chi connectivity index (χ4n) is 2.48. The van der Waals surface area contributed by atoms with E-state index in [4.69, 9.17) is 14.0 Å². The predicted molar refractivity (Wildman–Crippen MR) is 108 cm³/mol. The Labute approximate surface area is 163 Å². The SMILES string of the molecule is CC(C)(C)OC(=O)CN=S(C)(=O)c1ccc(B2OC(C)(C)C(C)(C)O2)cc1. The van der Waals surface area contributed by atoms with Crippen molar-refractivity contribution in [2.24, 2.45) is 4.36 Å². The Bertz CT molecular complexity index is 801. The second-order valence-electron chi connectivity index (χ2n) is 8.83. The summed E-state index contributed by atoms with van der Waals surface area (Å²) in [6.45, 7) is 13.1. The highest BCUT2D eigenvalue weighted by Crippen LogP contribution is 2.36. The maximum absolute atomic E-state index is 12.9. The minimum Gasteiger partial charge on any atom is -0.459 e. The van der Waals surface area contributed by atoms with E-state index >= 15 is 0 Å². The van der Waals surface area contributed by atoms with Crippen molar-refractivity contribution in [2.75, 3.05) is 12.8 Å². The monoisotopic (exact) mass is 395 g/mol. The first-order valence-corrected chi connectivity index (χ1v) is 10.9. The summed E-state index contributed by atoms with van der Waals surface area (Å²) in [5, 5.41) is 0. The van der Waals surface area contributed by atoms with Crippen LogP contribution in [-0.2, 0) is 28.6 Å². The molecule has 2 rings (SSSR count). The molecule has 8 heteroatoms. The van der Waals surface area contributed by atoms with Gasteiger partial charge < -0.3 is 14.0 Å². The van der Waals surface area contributed by atoms with Gasteiger partial charge in [0.2, 0.25) is 0 Å². The average Bonchev–Trinajstić information content (AvgIpc) is 2.72. The number of nitrogens with zero attached hydrogens (tertiary/aromatic N) is 1. The van der Waals surface area contributed by atoms with Crippen LogP contribution in [0.1, 0.15) is 48.5 Å². The third-order valence-corrected chi connectivity index (χ3v) is 6.47. The summed E-state index contributed by atoms with van der Waals surface area (Å²) in [5.74, 6) is -0.495. The second kappa shape index (κ2) is 7.22. The minimum atomic E-state index is -2.70. The molecule has 0 aromatic heterocycles. The van der Waals surface area contributed by atoms with Crippen LogP contribution in [0.15, 0.2) is 33.5 Å². The van der Waals surface area contributed by atoms with Gasteiger partial charge in [0.05, 0.1) is 20.9 Å². The fourth-order valence-corrected chi connectivity index (χ4v) is 3.62. The molecular formula is C19H30BNO5S. The number of carbonyl (C=O) groups excluding carboxylic acids is 1. The van der Waals surface area contributed by atoms with Crippen LogP contribution in [0.25, 0.3) is 0 Å². The number of carbonyl (C=O) groups is 1. The van der Waals surface area contributed by atoms with Crippen LogP contribution in [0.3, 0.4) is 0 Å². The Morgan fingerprint density at radius 3 is 2.04 bits per heavy atom. The molecule has 1 aliphatic heterocycles. The molecule has 1 heterocycles. The van der Waals surface area contributed by atoms with Gasteiger partial charge in [0, 0.05) is 11.2 Å². The summed E-state index contributed by atoms with van der Waals surface area (Å²) in [7, 11) is -3.18. The van der Waals surface area contributed by atoms with Crippen molar-refractivity contribution in [2.45, 2.75) is 70.2 Å². The number of hydrogen-bond acceptors (Lipinski definition) is 6. The molecule has 1 fully saturated rings. The minimum absolute atomic E-state index is 0.244. The van der Waals surface area contributed by atoms with Crippen LogP contribution in [0.2, 0.25) is 0 Å². The molecule has 0 aliphatic carbocycles. The first-order chi connectivity index (χ1) is 12.1. The molecule has 6 nitrogen and oxygen atoms in total. The van der Waals surface area contributed by atoms with E-state index in [0.29, 0.717) is 4.90 Å². The highest BCUT2D eigenvalue weighted by molar-refractivity contribution is 7.93. The molecular weight excluding hydrogens is 365 g/mol. The lowest BCUT2D eigenvalue weighted by atomic mass is 9.79. The third-order valence-electron chi connectivity index (χ3n) is 4.70. The number of rotatable bonds is 4. The molecule has 1 aromatic carbocycles. The Morgan fingerprint density at radius 2 is 1.59 bits per heavy atom. The Morgan fingerprint density at radius 1 is 1.11 bits per heavy atom. The van der Waals surface area contributed by atoms with E-state index in [1.54, 1.807) is 32.9 Å². The smallest absolute Gasteiger partial charge is 0.459 e. The van der Waals surface area contributed by atoms with Gasteiger partial charge in [0.15, 0.2) is 0 Å². The van der Waals surface area contributed by atoms with E-state index < -0.39 is 39.6 Å². The molecule has 0 saturated carbocycles. The summed E-state index contributed by atoms with van der Waals surface area (Å²) >= 11 is 0. The normalized spacial score (nSPS) is 20.8. The van der Waals surface area contributed by atoms with Crippen molar-refractivity contribution in [3.63, 3.8) is 0 Å². The first kappa shape index (κ1) is 21.9. The lowest BCUT2D eigenvalue weighted by molar-refractivity contribution is -0.152. The van der Waals surface area contributed by atoms with Crippen molar-refractivity contribution in [3.8, 4) is 0 Å². The van der Waals surface area contributed by atoms with Gasteiger partial charge in [-0.25, -0.2) is 8.57 Å². The number of esters is 1. The number of hydrogen-bond donors (Lipinski definition) is 0. The number of benzene rings is 1. The lowest BCUT2D eigenvalue weighted by Crippen LogP contribution is -2.41. The lowest BCUT2D eigenvalue weighted by Gasteiger charge is -2.32. The van der Waals surface area contributed by atoms with Gasteiger partial charge in [-0.2, -0.15) is 0 Å². The zero-order valence-electron chi connectivity index (χ0n) is 17.5. The molecule has 1 saturated heterocycles. The fraction of sp³-hybridized carbons (Fsp3) is 0.632. The van der Waals surface area contributed by atoms with E-state index in [0.717, 1.165) is 5.46 Å². The topological polar surface area (TPSA) is 74.2 Å². The van der Waals surface area contributed by atoms with Crippen molar-refractivity contribution in [1.29, 1.82) is 0 Å². The van der Waals surface area contributed by atoms with Gasteiger partial charge in [-0.15, -0.1) is 0 Å². The van der Waals surface area contributed by atoms with Crippen LogP contribution in [0.4, 0.5) is 0 Å². The summed E-state index contributed by atoms with van der Waals surface area (Å²) in [5.41, 5.74) is -0.583. The highest BCUT2D eigenvalue weighted by atomic mass is 32.2. The molecule has 0 bridgehead atoms. The average molecular weight is 395 g/mol. The Hall–Kier alpha value is -1.38. The van der Waals surface area contributed by atoms with E-state index in [1.807, 2.05) is 39.8 Å². The summed E-state index contributed by atoms with van der Waals surface area (Å²) in [6, 6.07) is 7.12. The van der Waals surface area contributed by atoms with Crippen LogP contribution < -0.4 is 5.46 Å². The molecule has 27 heavy (non-hydrogen) atoms. The first-order valence-electron chi connectivity index (χ1n) is 8.98. The Kier molecular flexibility index (Phi) is 5.86. The highest BCUT2D eigenvalue weighted by Gasteiger charge is 2.51. The van der Waals surface area contributed by atoms with Gasteiger partial charge in [-0.05, 0) is 66.1 Å². The predicted octanol–water partition coefficient (Wildman–Crippen LogP) is 2.78. The molecule has 0 N–H and O–H groups in total. The molecule has 0 spiro atoms. The zero-order valence-corrected chi connectivity index (χ0v) is 18.3. The van der Waals surface area contributed by atoms with Gasteiger partial charge in [-0.3, -0.25) is 4.79 Å². The maximum atomic E-state index is 12.9. The van der Waals surface area contributed by atoms with Crippen LogP contribution >= 0.6 is 0 Å². The van der Waals surface area contributed by atoms with Crippen molar-refractivity contribution in [1.82, 2.24) is 0 Å². The zero-order chi connectivity index (χ0) is 20.7. The van der Waals surface area contributed by atoms with Crippen molar-refractivity contribution < 1.29 is 23.0 Å². The van der Waals surface area contributed by atoms with Crippen LogP contribution in [0, 0.1) is 0 Å². The number of ether oxygens (including phenoxy) is 1. The third kappa shape index (κ3) is 5.33. The molecule has 1 atom stereocenters. The summed E-state index contributed by atoms with van der Waals surface area (Å²) < 4.78 is 34.2. The maximum Gasteiger partial charge on any atom is 0.494 e. The van der Waals surface area contributed by atoms with Gasteiger partial charge in [-0.1, -0.05) is 12.1 Å². The summed E-state index contributed by atoms with van der Waals surface area (Å²) in [6.07, 6.45) is 1.52. The van der Waals surface area contributed by atoms with E-state index in [9.17, 15) is 9.00 Å². The summed E-state index contributed by atoms with van der Waals surface area (Å²) in [4.78, 5) is 12.4. The molecule has 1 aliphatic rings. The van der Waals surface area contributed by atoms with Crippen LogP contribution in [-0.4, -0.2) is 46.9 Å². The molecule has 1 aromatic rings.